The quantitative estimate of drug-likeness (QED) is 0.847. The van der Waals surface area contributed by atoms with Crippen molar-refractivity contribution in [3.63, 3.8) is 0 Å². The van der Waals surface area contributed by atoms with Gasteiger partial charge in [-0.25, -0.2) is 0 Å². The lowest BCUT2D eigenvalue weighted by Crippen LogP contribution is -2.47. The third kappa shape index (κ3) is 4.17. The summed E-state index contributed by atoms with van der Waals surface area (Å²) in [6, 6.07) is 12.3. The van der Waals surface area contributed by atoms with Gasteiger partial charge >= 0.3 is 0 Å². The Bertz CT molecular complexity index is 744. The Morgan fingerprint density at radius 3 is 2.81 bits per heavy atom. The number of likely N-dealkylation sites (tertiary alicyclic amines) is 1. The number of hydrogen-bond acceptors (Lipinski definition) is 5. The van der Waals surface area contributed by atoms with E-state index in [-0.39, 0.29) is 18.1 Å². The van der Waals surface area contributed by atoms with Gasteiger partial charge in [-0.2, -0.15) is 0 Å². The van der Waals surface area contributed by atoms with Gasteiger partial charge in [-0.3, -0.25) is 9.69 Å². The molecular weight excluding hydrogens is 344 g/mol. The molecule has 1 N–H and O–H groups in total. The standard InChI is InChI=1S/C21H26N2O4/c1-25-16-6-4-15(5-7-16)14-23-11-10-19-18(23)8-9-20(27-19)21(24)22-13-17-3-2-12-26-17/h2-7,12,18-20H,8-11,13-14H2,1H3,(H,22,24)/t18-,19-,20+/m0/s1. The number of fused-ring (bicyclic) bond motifs is 1. The zero-order chi connectivity index (χ0) is 18.6. The van der Waals surface area contributed by atoms with Gasteiger partial charge in [0.25, 0.3) is 0 Å². The summed E-state index contributed by atoms with van der Waals surface area (Å²) in [5.41, 5.74) is 1.27. The summed E-state index contributed by atoms with van der Waals surface area (Å²) >= 11 is 0. The summed E-state index contributed by atoms with van der Waals surface area (Å²) in [7, 11) is 1.68. The summed E-state index contributed by atoms with van der Waals surface area (Å²) in [5, 5.41) is 2.91. The van der Waals surface area contributed by atoms with E-state index >= 15 is 0 Å². The van der Waals surface area contributed by atoms with Crippen LogP contribution in [0.2, 0.25) is 0 Å². The monoisotopic (exact) mass is 370 g/mol. The number of carbonyl (C=O) groups is 1. The first-order chi connectivity index (χ1) is 13.2. The zero-order valence-corrected chi connectivity index (χ0v) is 15.6. The van der Waals surface area contributed by atoms with Gasteiger partial charge in [-0.15, -0.1) is 0 Å². The minimum atomic E-state index is -0.359. The summed E-state index contributed by atoms with van der Waals surface area (Å²) in [6.07, 6.45) is 4.10. The highest BCUT2D eigenvalue weighted by Crippen LogP contribution is 2.32. The number of nitrogens with one attached hydrogen (secondary N) is 1. The number of rotatable bonds is 6. The first-order valence-electron chi connectivity index (χ1n) is 9.55. The number of carbonyl (C=O) groups excluding carboxylic acids is 1. The van der Waals surface area contributed by atoms with Crippen molar-refractivity contribution in [2.24, 2.45) is 0 Å². The van der Waals surface area contributed by atoms with Crippen LogP contribution < -0.4 is 10.1 Å². The van der Waals surface area contributed by atoms with E-state index in [4.69, 9.17) is 13.9 Å². The highest BCUT2D eigenvalue weighted by Gasteiger charge is 2.41. The van der Waals surface area contributed by atoms with Crippen LogP contribution in [0.25, 0.3) is 0 Å². The minimum Gasteiger partial charge on any atom is -0.497 e. The zero-order valence-electron chi connectivity index (χ0n) is 15.6. The number of nitrogens with zero attached hydrogens (tertiary/aromatic N) is 1. The van der Waals surface area contributed by atoms with Crippen LogP contribution in [0.4, 0.5) is 0 Å². The minimum absolute atomic E-state index is 0.0431. The second-order valence-corrected chi connectivity index (χ2v) is 7.21. The van der Waals surface area contributed by atoms with Crippen LogP contribution in [0, 0.1) is 0 Å². The Morgan fingerprint density at radius 1 is 1.22 bits per heavy atom. The maximum atomic E-state index is 12.4. The fourth-order valence-electron chi connectivity index (χ4n) is 4.07. The highest BCUT2D eigenvalue weighted by molar-refractivity contribution is 5.80. The smallest absolute Gasteiger partial charge is 0.249 e. The van der Waals surface area contributed by atoms with E-state index in [0.29, 0.717) is 12.6 Å². The van der Waals surface area contributed by atoms with E-state index in [9.17, 15) is 4.79 Å². The number of benzene rings is 1. The molecule has 2 aliphatic heterocycles. The molecule has 3 heterocycles. The van der Waals surface area contributed by atoms with Gasteiger partial charge in [0.15, 0.2) is 0 Å². The molecule has 1 aromatic carbocycles. The maximum Gasteiger partial charge on any atom is 0.249 e. The van der Waals surface area contributed by atoms with Crippen LogP contribution in [0.1, 0.15) is 30.6 Å². The first kappa shape index (κ1) is 18.1. The predicted molar refractivity (Wildman–Crippen MR) is 100 cm³/mol. The van der Waals surface area contributed by atoms with Gasteiger partial charge < -0.3 is 19.2 Å². The number of methoxy groups -OCH3 is 1. The molecule has 0 unspecified atom stereocenters. The largest absolute Gasteiger partial charge is 0.497 e. The van der Waals surface area contributed by atoms with Crippen LogP contribution in [0.5, 0.6) is 5.75 Å². The number of amides is 1. The lowest BCUT2D eigenvalue weighted by atomic mass is 9.98. The number of hydrogen-bond donors (Lipinski definition) is 1. The lowest BCUT2D eigenvalue weighted by molar-refractivity contribution is -0.144. The molecule has 6 heteroatoms. The average molecular weight is 370 g/mol. The molecule has 0 saturated carbocycles. The summed E-state index contributed by atoms with van der Waals surface area (Å²) in [5.74, 6) is 1.59. The van der Waals surface area contributed by atoms with Crippen LogP contribution in [-0.4, -0.2) is 42.7 Å². The van der Waals surface area contributed by atoms with Gasteiger partial charge in [0.2, 0.25) is 5.91 Å². The van der Waals surface area contributed by atoms with Crippen molar-refractivity contribution in [2.75, 3.05) is 13.7 Å². The Kier molecular flexibility index (Phi) is 5.45. The third-order valence-electron chi connectivity index (χ3n) is 5.52. The molecule has 0 aliphatic carbocycles. The van der Waals surface area contributed by atoms with Gasteiger partial charge in [0.05, 0.1) is 26.0 Å². The van der Waals surface area contributed by atoms with Crippen LogP contribution in [-0.2, 0) is 22.6 Å². The summed E-state index contributed by atoms with van der Waals surface area (Å²) in [6.45, 7) is 2.31. The molecule has 0 bridgehead atoms. The molecular formula is C21H26N2O4. The lowest BCUT2D eigenvalue weighted by Gasteiger charge is -2.35. The van der Waals surface area contributed by atoms with Crippen LogP contribution in [0.15, 0.2) is 47.1 Å². The van der Waals surface area contributed by atoms with Crippen molar-refractivity contribution in [1.82, 2.24) is 10.2 Å². The average Bonchev–Trinajstić information content (AvgIpc) is 3.36. The first-order valence-corrected chi connectivity index (χ1v) is 9.55. The summed E-state index contributed by atoms with van der Waals surface area (Å²) in [4.78, 5) is 14.9. The maximum absolute atomic E-state index is 12.4. The van der Waals surface area contributed by atoms with Crippen LogP contribution in [0.3, 0.4) is 0 Å². The molecule has 3 atom stereocenters. The molecule has 0 spiro atoms. The van der Waals surface area contributed by atoms with Crippen LogP contribution >= 0.6 is 0 Å². The van der Waals surface area contributed by atoms with Crippen molar-refractivity contribution in [3.8, 4) is 5.75 Å². The van der Waals surface area contributed by atoms with Gasteiger partial charge in [-0.1, -0.05) is 12.1 Å². The van der Waals surface area contributed by atoms with Crippen molar-refractivity contribution in [2.45, 2.75) is 50.6 Å². The topological polar surface area (TPSA) is 63.9 Å². The Balaban J connectivity index is 1.29. The van der Waals surface area contributed by atoms with E-state index < -0.39 is 0 Å². The van der Waals surface area contributed by atoms with E-state index in [0.717, 1.165) is 43.9 Å². The molecule has 2 aromatic rings. The van der Waals surface area contributed by atoms with Gasteiger partial charge in [0, 0.05) is 19.1 Å². The van der Waals surface area contributed by atoms with Crippen molar-refractivity contribution in [3.05, 3.63) is 54.0 Å². The predicted octanol–water partition coefficient (Wildman–Crippen LogP) is 2.73. The van der Waals surface area contributed by atoms with E-state index in [1.807, 2.05) is 24.3 Å². The molecule has 0 radical (unpaired) electrons. The number of ether oxygens (including phenoxy) is 2. The van der Waals surface area contributed by atoms with E-state index in [1.165, 1.54) is 5.56 Å². The Hall–Kier alpha value is -2.31. The highest BCUT2D eigenvalue weighted by atomic mass is 16.5. The molecule has 27 heavy (non-hydrogen) atoms. The molecule has 2 saturated heterocycles. The fraction of sp³-hybridized carbons (Fsp3) is 0.476. The van der Waals surface area contributed by atoms with Gasteiger partial charge in [0.1, 0.15) is 17.6 Å². The second-order valence-electron chi connectivity index (χ2n) is 7.21. The van der Waals surface area contributed by atoms with E-state index in [2.05, 4.69) is 22.3 Å². The normalized spacial score (nSPS) is 25.1. The molecule has 6 nitrogen and oxygen atoms in total. The molecule has 1 aromatic heterocycles. The second kappa shape index (κ2) is 8.15. The Morgan fingerprint density at radius 2 is 2.07 bits per heavy atom. The summed E-state index contributed by atoms with van der Waals surface area (Å²) < 4.78 is 16.6. The van der Waals surface area contributed by atoms with Crippen molar-refractivity contribution >= 4 is 5.91 Å². The molecule has 4 rings (SSSR count). The fourth-order valence-corrected chi connectivity index (χ4v) is 4.07. The molecule has 2 fully saturated rings. The molecule has 144 valence electrons. The molecule has 2 aliphatic rings. The third-order valence-corrected chi connectivity index (χ3v) is 5.52. The SMILES string of the molecule is COc1ccc(CN2CC[C@@H]3O[C@@H](C(=O)NCc4ccco4)CC[C@@H]32)cc1. The van der Waals surface area contributed by atoms with E-state index in [1.54, 1.807) is 13.4 Å². The van der Waals surface area contributed by atoms with Gasteiger partial charge in [-0.05, 0) is 49.1 Å². The molecule has 1 amide bonds. The van der Waals surface area contributed by atoms with Crippen molar-refractivity contribution < 1.29 is 18.7 Å². The van der Waals surface area contributed by atoms with Crippen molar-refractivity contribution in [1.29, 1.82) is 0 Å². The Labute approximate surface area is 159 Å². The number of furan rings is 1.